The van der Waals surface area contributed by atoms with E-state index in [-0.39, 0.29) is 22.9 Å². The van der Waals surface area contributed by atoms with E-state index in [2.05, 4.69) is 25.9 Å². The molecule has 0 atom stereocenters. The van der Waals surface area contributed by atoms with Gasteiger partial charge in [-0.3, -0.25) is 10.2 Å². The Morgan fingerprint density at radius 1 is 0.955 bits per heavy atom. The van der Waals surface area contributed by atoms with Crippen LogP contribution in [-0.2, 0) is 4.79 Å². The van der Waals surface area contributed by atoms with Gasteiger partial charge >= 0.3 is 0 Å². The van der Waals surface area contributed by atoms with E-state index < -0.39 is 0 Å². The molecule has 132 valence electrons. The maximum Gasteiger partial charge on any atom is 0.234 e. The summed E-state index contributed by atoms with van der Waals surface area (Å²) in [7, 11) is 0. The molecule has 1 N–H and O–H groups in total. The number of halogens is 1. The minimum Gasteiger partial charge on any atom is -0.289 e. The minimum atomic E-state index is 0. The molecule has 0 saturated carbocycles. The molecule has 0 heterocycles. The molecule has 0 aliphatic carbocycles. The van der Waals surface area contributed by atoms with Crippen molar-refractivity contribution in [1.82, 2.24) is 10.4 Å². The van der Waals surface area contributed by atoms with Crippen molar-refractivity contribution in [2.24, 2.45) is 0 Å². The molecule has 4 heteroatoms. The lowest BCUT2D eigenvalue weighted by atomic mass is 10.1. The third-order valence-electron chi connectivity index (χ3n) is 3.63. The van der Waals surface area contributed by atoms with Gasteiger partial charge in [0.1, 0.15) is 0 Å². The molecule has 0 aromatic heterocycles. The molecule has 1 amide bonds. The summed E-state index contributed by atoms with van der Waals surface area (Å²) in [6.07, 6.45) is 15.1. The summed E-state index contributed by atoms with van der Waals surface area (Å²) < 4.78 is 0. The van der Waals surface area contributed by atoms with Crippen molar-refractivity contribution in [3.05, 3.63) is 12.7 Å². The second kappa shape index (κ2) is 18.7. The first-order valence-electron chi connectivity index (χ1n) is 8.89. The van der Waals surface area contributed by atoms with Crippen molar-refractivity contribution < 1.29 is 4.79 Å². The van der Waals surface area contributed by atoms with Crippen LogP contribution in [0.15, 0.2) is 12.7 Å². The minimum absolute atomic E-state index is 0. The van der Waals surface area contributed by atoms with Gasteiger partial charge in [0.2, 0.25) is 5.91 Å². The molecule has 0 aliphatic rings. The van der Waals surface area contributed by atoms with Crippen molar-refractivity contribution in [2.45, 2.75) is 84.5 Å². The number of nitrogens with one attached hydrogen (secondary N) is 1. The van der Waals surface area contributed by atoms with Crippen LogP contribution < -0.4 is 5.43 Å². The van der Waals surface area contributed by atoms with Gasteiger partial charge in [0.15, 0.2) is 0 Å². The van der Waals surface area contributed by atoms with Gasteiger partial charge in [-0.15, -0.1) is 23.6 Å². The van der Waals surface area contributed by atoms with Gasteiger partial charge in [-0.2, -0.15) is 0 Å². The van der Waals surface area contributed by atoms with Crippen molar-refractivity contribution >= 4 is 22.9 Å². The number of hydrazine groups is 1. The first-order valence-corrected chi connectivity index (χ1v) is 8.89. The Balaban J connectivity index is 0. The third-order valence-corrected chi connectivity index (χ3v) is 3.63. The Labute approximate surface area is 148 Å². The summed E-state index contributed by atoms with van der Waals surface area (Å²) >= 11 is 0. The molecule has 0 radical (unpaired) electrons. The van der Waals surface area contributed by atoms with Crippen LogP contribution in [0.1, 0.15) is 84.5 Å². The number of rotatable bonds is 15. The van der Waals surface area contributed by atoms with Crippen LogP contribution in [0.25, 0.3) is 0 Å². The van der Waals surface area contributed by atoms with Crippen molar-refractivity contribution in [1.29, 1.82) is 0 Å². The molecule has 0 rings (SSSR count). The predicted octanol–water partition coefficient (Wildman–Crippen LogP) is 5.41. The highest BCUT2D eigenvalue weighted by Crippen LogP contribution is 2.10. The fraction of sp³-hybridized carbons (Fsp3) is 0.833. The normalized spacial score (nSPS) is 10.3. The summed E-state index contributed by atoms with van der Waals surface area (Å²) in [5.74, 6) is 0.147. The number of carbonyl (C=O) groups excluding carboxylic acids is 1. The van der Waals surface area contributed by atoms with Gasteiger partial charge in [-0.1, -0.05) is 71.3 Å². The molecule has 0 aromatic carbocycles. The summed E-state index contributed by atoms with van der Waals surface area (Å²) in [5.41, 5.74) is 2.97. The largest absolute Gasteiger partial charge is 0.289 e. The third kappa shape index (κ3) is 16.0. The van der Waals surface area contributed by atoms with Gasteiger partial charge < -0.3 is 0 Å². The van der Waals surface area contributed by atoms with E-state index in [1.807, 2.05) is 11.1 Å². The number of nitrogens with zero attached hydrogens (tertiary/aromatic N) is 1. The monoisotopic (exact) mass is 376 g/mol. The van der Waals surface area contributed by atoms with Crippen LogP contribution in [0.4, 0.5) is 0 Å². The maximum absolute atomic E-state index is 11.8. The highest BCUT2D eigenvalue weighted by Gasteiger charge is 2.06. The number of hydrogen-bond acceptors (Lipinski definition) is 2. The van der Waals surface area contributed by atoms with Gasteiger partial charge in [0, 0.05) is 19.5 Å². The predicted molar refractivity (Wildman–Crippen MR) is 102 cm³/mol. The lowest BCUT2D eigenvalue weighted by Crippen LogP contribution is -2.42. The fourth-order valence-corrected chi connectivity index (χ4v) is 2.45. The molecule has 0 aliphatic heterocycles. The van der Waals surface area contributed by atoms with Crippen LogP contribution in [0.2, 0.25) is 0 Å². The Kier molecular flexibility index (Phi) is 20.3. The summed E-state index contributed by atoms with van der Waals surface area (Å²) in [6, 6.07) is 0. The fourth-order valence-electron chi connectivity index (χ4n) is 2.45. The van der Waals surface area contributed by atoms with E-state index >= 15 is 0 Å². The molecular formula is C18H37BrN2O. The van der Waals surface area contributed by atoms with E-state index in [0.29, 0.717) is 6.42 Å². The first-order chi connectivity index (χ1) is 10.2. The molecule has 22 heavy (non-hydrogen) atoms. The zero-order valence-electron chi connectivity index (χ0n) is 14.7. The number of amides is 1. The smallest absolute Gasteiger partial charge is 0.234 e. The second-order valence-electron chi connectivity index (χ2n) is 5.85. The molecular weight excluding hydrogens is 340 g/mol. The van der Waals surface area contributed by atoms with Gasteiger partial charge in [-0.25, -0.2) is 5.01 Å². The molecule has 0 spiro atoms. The molecule has 0 bridgehead atoms. The zero-order valence-corrected chi connectivity index (χ0v) is 16.5. The average molecular weight is 377 g/mol. The number of hydrogen-bond donors (Lipinski definition) is 1. The SMILES string of the molecule is Br.C=CCN(CCC)NC(=O)CCCCCCCCCCC. The summed E-state index contributed by atoms with van der Waals surface area (Å²) in [6.45, 7) is 9.69. The topological polar surface area (TPSA) is 32.3 Å². The Morgan fingerprint density at radius 2 is 1.50 bits per heavy atom. The van der Waals surface area contributed by atoms with Gasteiger partial charge in [-0.05, 0) is 12.8 Å². The van der Waals surface area contributed by atoms with Crippen LogP contribution in [0, 0.1) is 0 Å². The lowest BCUT2D eigenvalue weighted by Gasteiger charge is -2.20. The van der Waals surface area contributed by atoms with E-state index in [4.69, 9.17) is 0 Å². The van der Waals surface area contributed by atoms with E-state index in [9.17, 15) is 4.79 Å². The van der Waals surface area contributed by atoms with Crippen molar-refractivity contribution in [3.63, 3.8) is 0 Å². The number of unbranched alkanes of at least 4 members (excludes halogenated alkanes) is 8. The Hall–Kier alpha value is -0.350. The summed E-state index contributed by atoms with van der Waals surface area (Å²) in [5, 5.41) is 1.95. The molecule has 0 fully saturated rings. The standard InChI is InChI=1S/C18H36N2O.BrH/c1-4-7-8-9-10-11-12-13-14-15-18(21)19-20(16-5-2)17-6-3;/h5H,2,4,6-17H2,1,3H3,(H,19,21);1H. The first kappa shape index (κ1) is 23.9. The zero-order chi connectivity index (χ0) is 15.8. The lowest BCUT2D eigenvalue weighted by molar-refractivity contribution is -0.125. The molecule has 0 unspecified atom stereocenters. The van der Waals surface area contributed by atoms with Crippen LogP contribution in [0.3, 0.4) is 0 Å². The second-order valence-corrected chi connectivity index (χ2v) is 5.85. The van der Waals surface area contributed by atoms with Gasteiger partial charge in [0.25, 0.3) is 0 Å². The van der Waals surface area contributed by atoms with E-state index in [0.717, 1.165) is 25.9 Å². The van der Waals surface area contributed by atoms with Crippen molar-refractivity contribution in [2.75, 3.05) is 13.1 Å². The van der Waals surface area contributed by atoms with E-state index in [1.54, 1.807) is 0 Å². The van der Waals surface area contributed by atoms with Crippen LogP contribution in [0.5, 0.6) is 0 Å². The van der Waals surface area contributed by atoms with Crippen LogP contribution >= 0.6 is 17.0 Å². The highest BCUT2D eigenvalue weighted by molar-refractivity contribution is 8.93. The van der Waals surface area contributed by atoms with E-state index in [1.165, 1.54) is 51.4 Å². The maximum atomic E-state index is 11.8. The Bertz CT molecular complexity index is 259. The Morgan fingerprint density at radius 3 is 2.00 bits per heavy atom. The highest BCUT2D eigenvalue weighted by atomic mass is 79.9. The summed E-state index contributed by atoms with van der Waals surface area (Å²) in [4.78, 5) is 11.8. The molecule has 0 saturated heterocycles. The quantitative estimate of drug-likeness (QED) is 0.235. The number of carbonyl (C=O) groups is 1. The van der Waals surface area contributed by atoms with Crippen LogP contribution in [-0.4, -0.2) is 24.0 Å². The molecule has 0 aromatic rings. The van der Waals surface area contributed by atoms with Crippen molar-refractivity contribution in [3.8, 4) is 0 Å². The average Bonchev–Trinajstić information content (AvgIpc) is 2.46. The molecule has 3 nitrogen and oxygen atoms in total. The van der Waals surface area contributed by atoms with Gasteiger partial charge in [0.05, 0.1) is 0 Å².